The van der Waals surface area contributed by atoms with Crippen LogP contribution in [0.2, 0.25) is 0 Å². The molecule has 31 heavy (non-hydrogen) atoms. The van der Waals surface area contributed by atoms with Crippen molar-refractivity contribution in [2.24, 2.45) is 0 Å². The molecule has 0 bridgehead atoms. The van der Waals surface area contributed by atoms with Crippen molar-refractivity contribution in [2.45, 2.75) is 18.9 Å². The van der Waals surface area contributed by atoms with Gasteiger partial charge < -0.3 is 10.2 Å². The maximum atomic E-state index is 13.4. The number of likely N-dealkylation sites (tertiary alicyclic amines) is 1. The molecule has 7 nitrogen and oxygen atoms in total. The van der Waals surface area contributed by atoms with E-state index in [1.165, 1.54) is 22.3 Å². The van der Waals surface area contributed by atoms with E-state index in [9.17, 15) is 18.4 Å². The van der Waals surface area contributed by atoms with E-state index in [4.69, 9.17) is 0 Å². The zero-order chi connectivity index (χ0) is 22.0. The first-order chi connectivity index (χ1) is 14.9. The lowest BCUT2D eigenvalue weighted by Gasteiger charge is -2.23. The molecule has 0 saturated carbocycles. The van der Waals surface area contributed by atoms with Crippen molar-refractivity contribution in [3.05, 3.63) is 58.6 Å². The van der Waals surface area contributed by atoms with Crippen molar-refractivity contribution in [2.75, 3.05) is 17.2 Å². The van der Waals surface area contributed by atoms with Gasteiger partial charge >= 0.3 is 6.03 Å². The maximum absolute atomic E-state index is 13.4. The minimum Gasteiger partial charge on any atom is -0.312 e. The molecule has 1 saturated heterocycles. The molecule has 1 atom stereocenters. The summed E-state index contributed by atoms with van der Waals surface area (Å²) >= 11 is 4.63. The Kier molecular flexibility index (Phi) is 6.23. The molecule has 0 aliphatic carbocycles. The smallest absolute Gasteiger partial charge is 0.312 e. The fourth-order valence-electron chi connectivity index (χ4n) is 3.25. The van der Waals surface area contributed by atoms with Gasteiger partial charge in [-0.2, -0.15) is 0 Å². The Hall–Kier alpha value is -2.92. The molecule has 3 amide bonds. The standard InChI is InChI=1S/C20H16BrF2N5O2S/c21-12-4-1-3-11(9-12)18-26-27-19(31-18)25-17(29)16-5-2-8-28(16)20(30)24-13-6-7-14(22)15(23)10-13/h1,3-4,6-7,9-10,16H,2,5,8H2,(H,24,30)(H,25,27,29). The van der Waals surface area contributed by atoms with Crippen LogP contribution in [0.5, 0.6) is 0 Å². The van der Waals surface area contributed by atoms with Crippen LogP contribution in [0.3, 0.4) is 0 Å². The van der Waals surface area contributed by atoms with Crippen LogP contribution in [0.25, 0.3) is 10.6 Å². The zero-order valence-electron chi connectivity index (χ0n) is 15.9. The molecule has 1 aliphatic heterocycles. The van der Waals surface area contributed by atoms with Crippen molar-refractivity contribution in [1.82, 2.24) is 15.1 Å². The van der Waals surface area contributed by atoms with Gasteiger partial charge in [0, 0.05) is 28.3 Å². The molecule has 1 unspecified atom stereocenters. The van der Waals surface area contributed by atoms with Gasteiger partial charge in [0.05, 0.1) is 0 Å². The highest BCUT2D eigenvalue weighted by Gasteiger charge is 2.34. The number of nitrogens with zero attached hydrogens (tertiary/aromatic N) is 3. The third-order valence-corrected chi connectivity index (χ3v) is 6.09. The summed E-state index contributed by atoms with van der Waals surface area (Å²) in [6.45, 7) is 0.368. The predicted octanol–water partition coefficient (Wildman–Crippen LogP) is 4.88. The average Bonchev–Trinajstić information content (AvgIpc) is 3.40. The van der Waals surface area contributed by atoms with Crippen molar-refractivity contribution in [1.29, 1.82) is 0 Å². The summed E-state index contributed by atoms with van der Waals surface area (Å²) in [6, 6.07) is 9.37. The van der Waals surface area contributed by atoms with E-state index in [2.05, 4.69) is 36.8 Å². The minimum absolute atomic E-state index is 0.109. The highest BCUT2D eigenvalue weighted by atomic mass is 79.9. The monoisotopic (exact) mass is 507 g/mol. The van der Waals surface area contributed by atoms with Crippen LogP contribution >= 0.6 is 27.3 Å². The number of amides is 3. The van der Waals surface area contributed by atoms with Gasteiger partial charge in [0.15, 0.2) is 11.6 Å². The number of urea groups is 1. The van der Waals surface area contributed by atoms with E-state index < -0.39 is 23.7 Å². The van der Waals surface area contributed by atoms with Crippen LogP contribution in [0.15, 0.2) is 46.9 Å². The molecule has 4 rings (SSSR count). The number of rotatable bonds is 4. The number of carbonyl (C=O) groups excluding carboxylic acids is 2. The van der Waals surface area contributed by atoms with E-state index in [-0.39, 0.29) is 11.6 Å². The van der Waals surface area contributed by atoms with E-state index in [1.807, 2.05) is 24.3 Å². The number of benzene rings is 2. The topological polar surface area (TPSA) is 87.2 Å². The first-order valence-electron chi connectivity index (χ1n) is 9.34. The maximum Gasteiger partial charge on any atom is 0.322 e. The van der Waals surface area contributed by atoms with Gasteiger partial charge in [-0.15, -0.1) is 10.2 Å². The van der Waals surface area contributed by atoms with Crippen molar-refractivity contribution in [3.8, 4) is 10.6 Å². The Labute approximate surface area is 188 Å². The van der Waals surface area contributed by atoms with E-state index in [1.54, 1.807) is 0 Å². The Morgan fingerprint density at radius 3 is 2.71 bits per heavy atom. The summed E-state index contributed by atoms with van der Waals surface area (Å²) in [5.41, 5.74) is 0.971. The average molecular weight is 508 g/mol. The molecule has 1 aliphatic rings. The second-order valence-corrected chi connectivity index (χ2v) is 8.72. The van der Waals surface area contributed by atoms with Crippen LogP contribution in [0, 0.1) is 11.6 Å². The fraction of sp³-hybridized carbons (Fsp3) is 0.200. The quantitative estimate of drug-likeness (QED) is 0.526. The summed E-state index contributed by atoms with van der Waals surface area (Å²) in [5.74, 6) is -2.45. The van der Waals surface area contributed by atoms with Crippen LogP contribution < -0.4 is 10.6 Å². The molecule has 2 heterocycles. The summed E-state index contributed by atoms with van der Waals surface area (Å²) in [7, 11) is 0. The molecule has 2 aromatic carbocycles. The summed E-state index contributed by atoms with van der Waals surface area (Å²) in [5, 5.41) is 14.3. The summed E-state index contributed by atoms with van der Waals surface area (Å²) in [4.78, 5) is 26.7. The Morgan fingerprint density at radius 1 is 1.10 bits per heavy atom. The number of nitrogens with one attached hydrogen (secondary N) is 2. The van der Waals surface area contributed by atoms with Gasteiger partial charge in [-0.05, 0) is 37.1 Å². The lowest BCUT2D eigenvalue weighted by atomic mass is 10.2. The summed E-state index contributed by atoms with van der Waals surface area (Å²) in [6.07, 6.45) is 1.12. The lowest BCUT2D eigenvalue weighted by molar-refractivity contribution is -0.119. The van der Waals surface area contributed by atoms with Gasteiger partial charge in [-0.25, -0.2) is 13.6 Å². The van der Waals surface area contributed by atoms with Crippen LogP contribution in [-0.4, -0.2) is 39.6 Å². The molecule has 160 valence electrons. The molecule has 11 heteroatoms. The van der Waals surface area contributed by atoms with Gasteiger partial charge in [0.25, 0.3) is 0 Å². The van der Waals surface area contributed by atoms with Crippen molar-refractivity contribution < 1.29 is 18.4 Å². The van der Waals surface area contributed by atoms with Crippen molar-refractivity contribution in [3.63, 3.8) is 0 Å². The predicted molar refractivity (Wildman–Crippen MR) is 117 cm³/mol. The van der Waals surface area contributed by atoms with E-state index >= 15 is 0 Å². The molecule has 1 aromatic heterocycles. The highest BCUT2D eigenvalue weighted by molar-refractivity contribution is 9.10. The van der Waals surface area contributed by atoms with Crippen LogP contribution in [0.1, 0.15) is 12.8 Å². The number of hydrogen-bond donors (Lipinski definition) is 2. The van der Waals surface area contributed by atoms with Crippen LogP contribution in [0.4, 0.5) is 24.4 Å². The Morgan fingerprint density at radius 2 is 1.94 bits per heavy atom. The van der Waals surface area contributed by atoms with Gasteiger partial charge in [-0.3, -0.25) is 10.1 Å². The fourth-order valence-corrected chi connectivity index (χ4v) is 4.39. The Bertz CT molecular complexity index is 1140. The van der Waals surface area contributed by atoms with E-state index in [0.717, 1.165) is 22.2 Å². The van der Waals surface area contributed by atoms with Crippen LogP contribution in [-0.2, 0) is 4.79 Å². The molecular formula is C20H16BrF2N5O2S. The second kappa shape index (κ2) is 9.06. The molecule has 0 radical (unpaired) electrons. The number of hydrogen-bond acceptors (Lipinski definition) is 5. The number of anilines is 2. The minimum atomic E-state index is -1.06. The van der Waals surface area contributed by atoms with Gasteiger partial charge in [0.2, 0.25) is 11.0 Å². The Balaban J connectivity index is 1.42. The molecular weight excluding hydrogens is 492 g/mol. The SMILES string of the molecule is O=C(Nc1nnc(-c2cccc(Br)c2)s1)C1CCCN1C(=O)Nc1ccc(F)c(F)c1. The number of aromatic nitrogens is 2. The van der Waals surface area contributed by atoms with E-state index in [0.29, 0.717) is 29.5 Å². The van der Waals surface area contributed by atoms with Crippen molar-refractivity contribution >= 4 is 50.0 Å². The number of carbonyl (C=O) groups is 2. The zero-order valence-corrected chi connectivity index (χ0v) is 18.3. The highest BCUT2D eigenvalue weighted by Crippen LogP contribution is 2.29. The molecule has 1 fully saturated rings. The lowest BCUT2D eigenvalue weighted by Crippen LogP contribution is -2.45. The van der Waals surface area contributed by atoms with Gasteiger partial charge in [-0.1, -0.05) is 39.4 Å². The second-order valence-electron chi connectivity index (χ2n) is 6.82. The summed E-state index contributed by atoms with van der Waals surface area (Å²) < 4.78 is 27.4. The molecule has 2 N–H and O–H groups in total. The third kappa shape index (κ3) is 4.88. The molecule has 0 spiro atoms. The number of halogens is 3. The third-order valence-electron chi connectivity index (χ3n) is 4.71. The van der Waals surface area contributed by atoms with Gasteiger partial charge in [0.1, 0.15) is 11.0 Å². The normalized spacial score (nSPS) is 15.7. The largest absolute Gasteiger partial charge is 0.322 e. The first-order valence-corrected chi connectivity index (χ1v) is 10.9. The first kappa shape index (κ1) is 21.3. The molecule has 3 aromatic rings.